The molecule has 0 aromatic heterocycles. The van der Waals surface area contributed by atoms with E-state index in [1.165, 1.54) is 61.1 Å². The molecule has 8 rings (SSSR count). The van der Waals surface area contributed by atoms with Crippen LogP contribution in [0, 0.1) is 13.0 Å². The molecule has 61 heavy (non-hydrogen) atoms. The summed E-state index contributed by atoms with van der Waals surface area (Å²) in [6.45, 7) is 13.9. The fourth-order valence-electron chi connectivity index (χ4n) is 7.69. The molecule has 0 spiro atoms. The van der Waals surface area contributed by atoms with Gasteiger partial charge in [0.15, 0.2) is 0 Å². The normalized spacial score (nSPS) is 13.0. The SMILES string of the molecule is C[C-]=C(C)C(C)=CC.Cc1cc2c(-c3cccc4ccccc34)cccc2[cH-]1.[B]=C1C(C=[Si](C)C)=C(C(F)(F)F)c2c1ccc(C(F)(F)F)c2-c1cccc2ccccc12.[Zr+2]. The Hall–Kier alpha value is -4.85. The summed E-state index contributed by atoms with van der Waals surface area (Å²) < 4.78 is 85.3. The van der Waals surface area contributed by atoms with Gasteiger partial charge in [0, 0.05) is 0 Å². The molecule has 7 aromatic rings. The Morgan fingerprint density at radius 3 is 1.70 bits per heavy atom. The van der Waals surface area contributed by atoms with Crippen molar-refractivity contribution in [3.63, 3.8) is 0 Å². The summed E-state index contributed by atoms with van der Waals surface area (Å²) in [4.78, 5) is 0. The van der Waals surface area contributed by atoms with E-state index in [4.69, 9.17) is 7.49 Å². The van der Waals surface area contributed by atoms with E-state index in [1.54, 1.807) is 49.5 Å². The van der Waals surface area contributed by atoms with Crippen LogP contribution in [-0.4, -0.2) is 33.2 Å². The first-order chi connectivity index (χ1) is 28.5. The number of fused-ring (bicyclic) bond motifs is 4. The Balaban J connectivity index is 0.000000206. The second-order valence-electron chi connectivity index (χ2n) is 15.1. The van der Waals surface area contributed by atoms with Crippen LogP contribution in [0.25, 0.3) is 60.1 Å². The average Bonchev–Trinajstić information content (AvgIpc) is 3.75. The van der Waals surface area contributed by atoms with Crippen LogP contribution >= 0.6 is 0 Å². The Kier molecular flexibility index (Phi) is 15.1. The number of hydrogen-bond acceptors (Lipinski definition) is 0. The molecule has 0 bridgehead atoms. The van der Waals surface area contributed by atoms with Crippen molar-refractivity contribution in [3.8, 4) is 22.3 Å². The summed E-state index contributed by atoms with van der Waals surface area (Å²) in [6.07, 6.45) is -4.59. The predicted molar refractivity (Wildman–Crippen MR) is 246 cm³/mol. The minimum atomic E-state index is -4.89. The molecule has 0 saturated heterocycles. The van der Waals surface area contributed by atoms with Crippen molar-refractivity contribution in [1.82, 2.24) is 0 Å². The molecule has 0 nitrogen and oxygen atoms in total. The smallest absolute Gasteiger partial charge is 2.00 e. The number of alkyl halides is 6. The maximum absolute atomic E-state index is 14.3. The number of aryl methyl sites for hydroxylation is 1. The van der Waals surface area contributed by atoms with Crippen molar-refractivity contribution >= 4 is 64.9 Å². The van der Waals surface area contributed by atoms with E-state index >= 15 is 0 Å². The van der Waals surface area contributed by atoms with Crippen LogP contribution in [0.1, 0.15) is 49.9 Å². The first kappa shape index (κ1) is 47.2. The van der Waals surface area contributed by atoms with Crippen molar-refractivity contribution in [2.24, 2.45) is 0 Å². The maximum Gasteiger partial charge on any atom is 2.00 e. The van der Waals surface area contributed by atoms with Gasteiger partial charge in [0.1, 0.15) is 0 Å². The van der Waals surface area contributed by atoms with Crippen molar-refractivity contribution in [2.75, 3.05) is 0 Å². The minimum absolute atomic E-state index is 0. The third kappa shape index (κ3) is 10.1. The quantitative estimate of drug-likeness (QED) is 0.0714. The molecule has 305 valence electrons. The summed E-state index contributed by atoms with van der Waals surface area (Å²) in [7, 11) is 4.79. The number of halogens is 6. The largest absolute Gasteiger partial charge is 2.00 e. The average molecular weight is 913 g/mol. The van der Waals surface area contributed by atoms with Gasteiger partial charge in [-0.3, -0.25) is 6.08 Å². The van der Waals surface area contributed by atoms with Crippen LogP contribution < -0.4 is 0 Å². The van der Waals surface area contributed by atoms with Gasteiger partial charge in [-0.2, -0.15) is 12.1 Å². The summed E-state index contributed by atoms with van der Waals surface area (Å²) in [6, 6.07) is 39.5. The van der Waals surface area contributed by atoms with E-state index in [1.807, 2.05) is 13.8 Å². The summed E-state index contributed by atoms with van der Waals surface area (Å²) in [5.41, 5.74) is 4.43. The zero-order valence-electron chi connectivity index (χ0n) is 35.1. The molecule has 1 aliphatic rings. The van der Waals surface area contributed by atoms with Crippen LogP contribution in [0.4, 0.5) is 26.3 Å². The van der Waals surface area contributed by atoms with Gasteiger partial charge < -0.3 is 0 Å². The molecular weight excluding hydrogens is 869 g/mol. The number of benzene rings is 6. The molecule has 0 N–H and O–H groups in total. The third-order valence-electron chi connectivity index (χ3n) is 10.8. The Bertz CT molecular complexity index is 2860. The first-order valence-electron chi connectivity index (χ1n) is 19.6. The molecule has 0 fully saturated rings. The van der Waals surface area contributed by atoms with Crippen LogP contribution in [0.5, 0.6) is 0 Å². The summed E-state index contributed by atoms with van der Waals surface area (Å²) in [5.74, 6) is 0. The van der Waals surface area contributed by atoms with Gasteiger partial charge in [-0.05, 0) is 16.3 Å². The Morgan fingerprint density at radius 1 is 0.656 bits per heavy atom. The summed E-state index contributed by atoms with van der Waals surface area (Å²) >= 11 is 0. The van der Waals surface area contributed by atoms with E-state index < -0.39 is 43.0 Å². The van der Waals surface area contributed by atoms with Gasteiger partial charge in [-0.25, -0.2) is 11.1 Å². The van der Waals surface area contributed by atoms with Gasteiger partial charge >= 0.3 is 209 Å². The van der Waals surface area contributed by atoms with E-state index in [0.717, 1.165) is 12.1 Å². The second kappa shape index (κ2) is 19.5. The molecule has 7 aromatic carbocycles. The van der Waals surface area contributed by atoms with Gasteiger partial charge in [-0.1, -0.05) is 74.9 Å². The molecule has 0 atom stereocenters. The molecule has 1 radical (unpaired) electrons. The standard InChI is InChI=1S/C24H16BF6Si.C20H15.C8H13.Zr/c1-32(2)12-17-21(24(29,30)31)20-16(22(17)25)10-11-18(23(26,27)28)19(20)15-9-5-7-13-6-3-4-8-14(13)15;1-14-12-16-8-5-11-19(20(16)13-14)18-10-4-7-15-6-2-3-9-17(15)18;1-5-7(3)8(4)6-2;/h3-12H,1-2H3;2-13H,1H3;5H,1-4H3;/q;2*-1;+2. The van der Waals surface area contributed by atoms with Gasteiger partial charge in [0.2, 0.25) is 0 Å². The number of hydrogen-bond donors (Lipinski definition) is 0. The fourth-order valence-corrected chi connectivity index (χ4v) is 8.56. The molecule has 0 heterocycles. The molecule has 0 saturated carbocycles. The molecular formula is C52H44BF6SiZr. The van der Waals surface area contributed by atoms with Gasteiger partial charge in [-0.15, -0.1) is 48.4 Å². The Labute approximate surface area is 376 Å². The molecule has 0 aliphatic heterocycles. The summed E-state index contributed by atoms with van der Waals surface area (Å²) in [5, 5.41) is 6.35. The molecule has 1 aliphatic carbocycles. The fraction of sp³-hybridized carbons (Fsp3) is 0.173. The zero-order valence-corrected chi connectivity index (χ0v) is 38.6. The van der Waals surface area contributed by atoms with Crippen LogP contribution in [0.2, 0.25) is 13.1 Å². The predicted octanol–water partition coefficient (Wildman–Crippen LogP) is 15.1. The topological polar surface area (TPSA) is 0 Å². The van der Waals surface area contributed by atoms with E-state index in [-0.39, 0.29) is 48.4 Å². The monoisotopic (exact) mass is 911 g/mol. The van der Waals surface area contributed by atoms with Crippen molar-refractivity contribution in [2.45, 2.75) is 60.1 Å². The maximum atomic E-state index is 14.3. The molecule has 0 amide bonds. The molecule has 0 unspecified atom stereocenters. The van der Waals surface area contributed by atoms with Crippen molar-refractivity contribution < 1.29 is 52.5 Å². The van der Waals surface area contributed by atoms with E-state index in [2.05, 4.69) is 106 Å². The van der Waals surface area contributed by atoms with Crippen LogP contribution in [-0.2, 0) is 32.4 Å². The Morgan fingerprint density at radius 2 is 1.18 bits per heavy atom. The minimum Gasteiger partial charge on any atom is 2.00 e. The van der Waals surface area contributed by atoms with E-state index in [0.29, 0.717) is 10.8 Å². The first-order valence-corrected chi connectivity index (χ1v) is 22.1. The van der Waals surface area contributed by atoms with Crippen molar-refractivity contribution in [1.29, 1.82) is 0 Å². The third-order valence-corrected chi connectivity index (χ3v) is 11.6. The molecule has 9 heteroatoms. The number of rotatable bonds is 4. The van der Waals surface area contributed by atoms with Crippen LogP contribution in [0.15, 0.2) is 150 Å². The number of allylic oxidation sites excluding steroid dienone is 6. The van der Waals surface area contributed by atoms with Gasteiger partial charge in [0.05, 0.1) is 0 Å². The van der Waals surface area contributed by atoms with E-state index in [9.17, 15) is 26.3 Å². The van der Waals surface area contributed by atoms with Crippen molar-refractivity contribution in [3.05, 3.63) is 179 Å². The second-order valence-corrected chi connectivity index (χ2v) is 17.5. The van der Waals surface area contributed by atoms with Crippen LogP contribution in [0.3, 0.4) is 0 Å². The zero-order chi connectivity index (χ0) is 43.5. The van der Waals surface area contributed by atoms with Gasteiger partial charge in [0.25, 0.3) is 0 Å².